The fraction of sp³-hybridized carbons (Fsp3) is 0.0357. The van der Waals surface area contributed by atoms with E-state index in [2.05, 4.69) is 12.1 Å². The molecule has 0 N–H and O–H groups in total. The molecule has 6 aromatic rings. The molecule has 0 amide bonds. The zero-order valence-electron chi connectivity index (χ0n) is 16.8. The standard InChI is InChI=1S/C28H19NO2/c30-28-25(20-12-5-2-6-13-20)27(31-18-19-10-3-1-4-11-19)23-16-9-15-22-21-14-7-8-17-24(21)29(28)26(22)23/h1-17H,18H2. The lowest BCUT2D eigenvalue weighted by atomic mass is 10.0. The summed E-state index contributed by atoms with van der Waals surface area (Å²) in [4.78, 5) is 13.9. The topological polar surface area (TPSA) is 30.7 Å². The lowest BCUT2D eigenvalue weighted by Crippen LogP contribution is -2.17. The van der Waals surface area contributed by atoms with E-state index in [1.54, 1.807) is 0 Å². The second kappa shape index (κ2) is 6.99. The predicted octanol–water partition coefficient (Wildman–Crippen LogP) is 6.29. The van der Waals surface area contributed by atoms with Crippen molar-refractivity contribution < 1.29 is 4.74 Å². The second-order valence-electron chi connectivity index (χ2n) is 7.70. The largest absolute Gasteiger partial charge is 0.487 e. The van der Waals surface area contributed by atoms with Gasteiger partial charge in [-0.05, 0) is 23.3 Å². The van der Waals surface area contributed by atoms with Crippen molar-refractivity contribution in [2.45, 2.75) is 6.61 Å². The molecule has 6 rings (SSSR count). The molecule has 0 atom stereocenters. The van der Waals surface area contributed by atoms with Crippen LogP contribution in [0.25, 0.3) is 38.3 Å². The fourth-order valence-electron chi connectivity index (χ4n) is 4.50. The smallest absolute Gasteiger partial charge is 0.267 e. The van der Waals surface area contributed by atoms with Crippen LogP contribution in [0.3, 0.4) is 0 Å². The van der Waals surface area contributed by atoms with E-state index in [9.17, 15) is 4.79 Å². The molecule has 0 radical (unpaired) electrons. The molecule has 0 saturated carbocycles. The highest BCUT2D eigenvalue weighted by Crippen LogP contribution is 2.39. The van der Waals surface area contributed by atoms with Gasteiger partial charge < -0.3 is 4.74 Å². The van der Waals surface area contributed by atoms with E-state index in [1.807, 2.05) is 95.4 Å². The third kappa shape index (κ3) is 2.71. The zero-order valence-corrected chi connectivity index (χ0v) is 16.8. The molecule has 0 aliphatic heterocycles. The Labute approximate surface area is 179 Å². The summed E-state index contributed by atoms with van der Waals surface area (Å²) >= 11 is 0. The third-order valence-corrected chi connectivity index (χ3v) is 5.87. The van der Waals surface area contributed by atoms with Crippen molar-refractivity contribution in [1.82, 2.24) is 4.40 Å². The Morgan fingerprint density at radius 1 is 0.645 bits per heavy atom. The Morgan fingerprint density at radius 3 is 2.10 bits per heavy atom. The molecule has 0 aliphatic rings. The highest BCUT2D eigenvalue weighted by Gasteiger charge is 2.22. The molecule has 0 fully saturated rings. The highest BCUT2D eigenvalue weighted by molar-refractivity contribution is 6.16. The van der Waals surface area contributed by atoms with Gasteiger partial charge in [-0.15, -0.1) is 0 Å². The summed E-state index contributed by atoms with van der Waals surface area (Å²) in [6.07, 6.45) is 0. The summed E-state index contributed by atoms with van der Waals surface area (Å²) in [7, 11) is 0. The molecule has 2 aromatic heterocycles. The van der Waals surface area contributed by atoms with Gasteiger partial charge in [0.25, 0.3) is 5.56 Å². The number of nitrogens with zero attached hydrogens (tertiary/aromatic N) is 1. The third-order valence-electron chi connectivity index (χ3n) is 5.87. The molecule has 3 heteroatoms. The zero-order chi connectivity index (χ0) is 20.8. The van der Waals surface area contributed by atoms with Crippen molar-refractivity contribution in [1.29, 1.82) is 0 Å². The minimum Gasteiger partial charge on any atom is -0.487 e. The van der Waals surface area contributed by atoms with Crippen LogP contribution in [0, 0.1) is 0 Å². The first kappa shape index (κ1) is 17.7. The van der Waals surface area contributed by atoms with E-state index in [-0.39, 0.29) is 5.56 Å². The molecule has 31 heavy (non-hydrogen) atoms. The van der Waals surface area contributed by atoms with Gasteiger partial charge in [0.15, 0.2) is 0 Å². The van der Waals surface area contributed by atoms with Crippen molar-refractivity contribution in [3.8, 4) is 16.9 Å². The van der Waals surface area contributed by atoms with Gasteiger partial charge in [0.2, 0.25) is 0 Å². The Kier molecular flexibility index (Phi) is 4.00. The molecular formula is C28H19NO2. The Balaban J connectivity index is 1.72. The number of hydrogen-bond donors (Lipinski definition) is 0. The predicted molar refractivity (Wildman–Crippen MR) is 126 cm³/mol. The number of hydrogen-bond acceptors (Lipinski definition) is 2. The van der Waals surface area contributed by atoms with E-state index >= 15 is 0 Å². The van der Waals surface area contributed by atoms with Crippen LogP contribution < -0.4 is 10.3 Å². The van der Waals surface area contributed by atoms with E-state index in [1.165, 1.54) is 0 Å². The van der Waals surface area contributed by atoms with Crippen molar-refractivity contribution >= 4 is 27.2 Å². The lowest BCUT2D eigenvalue weighted by Gasteiger charge is -2.15. The monoisotopic (exact) mass is 401 g/mol. The van der Waals surface area contributed by atoms with Crippen LogP contribution >= 0.6 is 0 Å². The Hall–Kier alpha value is -4.11. The van der Waals surface area contributed by atoms with Crippen LogP contribution in [-0.4, -0.2) is 4.40 Å². The quantitative estimate of drug-likeness (QED) is 0.348. The van der Waals surface area contributed by atoms with Crippen molar-refractivity contribution in [3.63, 3.8) is 0 Å². The SMILES string of the molecule is O=c1c(-c2ccccc2)c(OCc2ccccc2)c2cccc3c4ccccc4n1c23. The van der Waals surface area contributed by atoms with E-state index in [4.69, 9.17) is 4.74 Å². The second-order valence-corrected chi connectivity index (χ2v) is 7.70. The first-order chi connectivity index (χ1) is 15.3. The Morgan fingerprint density at radius 2 is 1.29 bits per heavy atom. The van der Waals surface area contributed by atoms with Crippen molar-refractivity contribution in [2.24, 2.45) is 0 Å². The molecule has 0 bridgehead atoms. The first-order valence-corrected chi connectivity index (χ1v) is 10.4. The van der Waals surface area contributed by atoms with Crippen molar-refractivity contribution in [3.05, 3.63) is 119 Å². The van der Waals surface area contributed by atoms with Gasteiger partial charge in [0, 0.05) is 16.2 Å². The van der Waals surface area contributed by atoms with Crippen LogP contribution in [0.15, 0.2) is 108 Å². The number of fused-ring (bicyclic) bond motifs is 3. The Bertz CT molecular complexity index is 1580. The minimum atomic E-state index is -0.0563. The molecule has 2 heterocycles. The van der Waals surface area contributed by atoms with Crippen LogP contribution in [0.4, 0.5) is 0 Å². The first-order valence-electron chi connectivity index (χ1n) is 10.4. The molecule has 0 spiro atoms. The summed E-state index contributed by atoms with van der Waals surface area (Å²) < 4.78 is 8.24. The van der Waals surface area contributed by atoms with Gasteiger partial charge in [-0.2, -0.15) is 0 Å². The molecule has 0 saturated heterocycles. The van der Waals surface area contributed by atoms with E-state index in [0.29, 0.717) is 17.9 Å². The molecule has 0 aliphatic carbocycles. The number of pyridine rings is 1. The maximum Gasteiger partial charge on any atom is 0.267 e. The molecule has 4 aromatic carbocycles. The van der Waals surface area contributed by atoms with Gasteiger partial charge in [-0.1, -0.05) is 91.0 Å². The highest BCUT2D eigenvalue weighted by atomic mass is 16.5. The maximum atomic E-state index is 13.9. The summed E-state index contributed by atoms with van der Waals surface area (Å²) in [5.41, 5.74) is 4.29. The average Bonchev–Trinajstić information content (AvgIpc) is 3.17. The molecular weight excluding hydrogens is 382 g/mol. The van der Waals surface area contributed by atoms with E-state index < -0.39 is 0 Å². The van der Waals surface area contributed by atoms with Gasteiger partial charge in [-0.25, -0.2) is 0 Å². The lowest BCUT2D eigenvalue weighted by molar-refractivity contribution is 0.311. The van der Waals surface area contributed by atoms with Gasteiger partial charge >= 0.3 is 0 Å². The van der Waals surface area contributed by atoms with Crippen LogP contribution in [0.2, 0.25) is 0 Å². The van der Waals surface area contributed by atoms with E-state index in [0.717, 1.165) is 38.3 Å². The number of aromatic nitrogens is 1. The molecule has 3 nitrogen and oxygen atoms in total. The number of ether oxygens (including phenoxy) is 1. The average molecular weight is 401 g/mol. The van der Waals surface area contributed by atoms with Crippen molar-refractivity contribution in [2.75, 3.05) is 0 Å². The van der Waals surface area contributed by atoms with Crippen LogP contribution in [-0.2, 0) is 6.61 Å². The van der Waals surface area contributed by atoms with Gasteiger partial charge in [-0.3, -0.25) is 9.20 Å². The number of para-hydroxylation sites is 2. The van der Waals surface area contributed by atoms with Gasteiger partial charge in [0.1, 0.15) is 12.4 Å². The summed E-state index contributed by atoms with van der Waals surface area (Å²) in [5, 5.41) is 3.09. The summed E-state index contributed by atoms with van der Waals surface area (Å²) in [5.74, 6) is 0.640. The van der Waals surface area contributed by atoms with Crippen LogP contribution in [0.1, 0.15) is 5.56 Å². The number of rotatable bonds is 4. The normalized spacial score (nSPS) is 11.5. The summed E-state index contributed by atoms with van der Waals surface area (Å²) in [6, 6.07) is 34.1. The fourth-order valence-corrected chi connectivity index (χ4v) is 4.50. The van der Waals surface area contributed by atoms with Gasteiger partial charge in [0.05, 0.1) is 16.6 Å². The number of benzene rings is 4. The summed E-state index contributed by atoms with van der Waals surface area (Å²) in [6.45, 7) is 0.399. The maximum absolute atomic E-state index is 13.9. The molecule has 0 unspecified atom stereocenters. The van der Waals surface area contributed by atoms with Crippen LogP contribution in [0.5, 0.6) is 5.75 Å². The minimum absolute atomic E-state index is 0.0563. The molecule has 148 valence electrons.